The summed E-state index contributed by atoms with van der Waals surface area (Å²) >= 11 is 0. The summed E-state index contributed by atoms with van der Waals surface area (Å²) < 4.78 is 6.39. The predicted molar refractivity (Wildman–Crippen MR) is 332 cm³/mol. The van der Waals surface area contributed by atoms with Crippen LogP contribution in [0.15, 0.2) is 231 Å². The van der Waals surface area contributed by atoms with E-state index in [9.17, 15) is 0 Å². The minimum atomic E-state index is -0.376. The quantitative estimate of drug-likeness (QED) is 0.107. The van der Waals surface area contributed by atoms with Crippen molar-refractivity contribution in [3.05, 3.63) is 258 Å². The van der Waals surface area contributed by atoms with Gasteiger partial charge in [-0.25, -0.2) is 4.79 Å². The van der Waals surface area contributed by atoms with Crippen molar-refractivity contribution in [3.63, 3.8) is 0 Å². The number of hydrogen-bond acceptors (Lipinski definition) is 4. The van der Waals surface area contributed by atoms with Gasteiger partial charge < -0.3 is 14.5 Å². The molecular weight excluding hydrogens is 960 g/mol. The Labute approximate surface area is 467 Å². The zero-order chi connectivity index (χ0) is 54.2. The van der Waals surface area contributed by atoms with E-state index >= 15 is 4.79 Å². The number of anilines is 6. The number of fused-ring (bicyclic) bond motifs is 5. The Morgan fingerprint density at radius 3 is 1.28 bits per heavy atom. The van der Waals surface area contributed by atoms with Gasteiger partial charge in [0, 0.05) is 34.1 Å². The van der Waals surface area contributed by atoms with Gasteiger partial charge in [-0.05, 0) is 173 Å². The Morgan fingerprint density at radius 1 is 0.443 bits per heavy atom. The molecule has 386 valence electrons. The van der Waals surface area contributed by atoms with Crippen molar-refractivity contribution >= 4 is 63.2 Å². The third-order valence-corrected chi connectivity index (χ3v) is 17.1. The molecule has 0 unspecified atom stereocenters. The lowest BCUT2D eigenvalue weighted by molar-refractivity contribution is 0.0472. The molecular formula is C74H65BN2O2. The molecule has 2 aliphatic heterocycles. The summed E-state index contributed by atoms with van der Waals surface area (Å²) in [7, 11) is 0. The van der Waals surface area contributed by atoms with Crippen LogP contribution in [-0.2, 0) is 27.6 Å². The van der Waals surface area contributed by atoms with Crippen molar-refractivity contribution in [2.45, 2.75) is 84.2 Å². The number of benzene rings is 10. The minimum absolute atomic E-state index is 0.0563. The topological polar surface area (TPSA) is 32.8 Å². The number of hydrogen-bond donors (Lipinski definition) is 0. The molecule has 10 aromatic carbocycles. The van der Waals surface area contributed by atoms with Crippen LogP contribution in [0.25, 0.3) is 44.5 Å². The van der Waals surface area contributed by atoms with Gasteiger partial charge in [0.15, 0.2) is 0 Å². The van der Waals surface area contributed by atoms with Crippen LogP contribution in [0.3, 0.4) is 0 Å². The molecule has 0 bridgehead atoms. The average Bonchev–Trinajstić information content (AvgIpc) is 2.94. The van der Waals surface area contributed by atoms with Gasteiger partial charge >= 0.3 is 5.97 Å². The fourth-order valence-corrected chi connectivity index (χ4v) is 12.7. The van der Waals surface area contributed by atoms with Crippen molar-refractivity contribution in [1.82, 2.24) is 0 Å². The molecule has 10 aromatic rings. The first-order valence-corrected chi connectivity index (χ1v) is 28.0. The van der Waals surface area contributed by atoms with E-state index in [0.717, 1.165) is 102 Å². The van der Waals surface area contributed by atoms with E-state index in [1.165, 1.54) is 27.6 Å². The first-order chi connectivity index (χ1) is 38.2. The molecule has 3 aliphatic rings. The Kier molecular flexibility index (Phi) is 12.2. The van der Waals surface area contributed by atoms with Gasteiger partial charge in [-0.2, -0.15) is 0 Å². The zero-order valence-electron chi connectivity index (χ0n) is 46.3. The lowest BCUT2D eigenvalue weighted by Crippen LogP contribution is -2.62. The van der Waals surface area contributed by atoms with Crippen LogP contribution >= 0.6 is 0 Å². The number of nitrogens with zero attached hydrogens (tertiary/aromatic N) is 2. The molecule has 0 saturated heterocycles. The highest BCUT2D eigenvalue weighted by atomic mass is 16.5. The highest BCUT2D eigenvalue weighted by molar-refractivity contribution is 7.00. The summed E-state index contributed by atoms with van der Waals surface area (Å²) in [4.78, 5) is 20.2. The van der Waals surface area contributed by atoms with Gasteiger partial charge in [0.05, 0.1) is 5.56 Å². The molecule has 0 aromatic heterocycles. The maximum Gasteiger partial charge on any atom is 0.338 e. The van der Waals surface area contributed by atoms with Gasteiger partial charge in [-0.1, -0.05) is 218 Å². The third-order valence-electron chi connectivity index (χ3n) is 17.1. The number of carbonyl (C=O) groups is 1. The van der Waals surface area contributed by atoms with Crippen LogP contribution in [0.5, 0.6) is 0 Å². The van der Waals surface area contributed by atoms with Gasteiger partial charge in [-0.15, -0.1) is 0 Å². The standard InChI is InChI=1S/C74H65BN2O2/c1-72(2,3)59-33-34-64-66(45-59)76(60-39-54(50-25-15-9-16-26-50)37-55(40-60)51-27-17-10-18-28-51)68-43-58(71(78)79-48-49-23-13-8-14-24-49)44-69-70(68)75(64)65-46-62-63(74(6,7)36-35-73(62,4)5)47-67(65)77(69)61-41-56(52-29-19-11-20-30-52)38-57(42-61)53-31-21-12-22-32-53/h8-34,37-47H,35-36,48H2,1-7H3. The van der Waals surface area contributed by atoms with Crippen molar-refractivity contribution in [1.29, 1.82) is 0 Å². The summed E-state index contributed by atoms with van der Waals surface area (Å²) in [5.74, 6) is -0.376. The predicted octanol–water partition coefficient (Wildman–Crippen LogP) is 17.4. The maximum absolute atomic E-state index is 15.3. The van der Waals surface area contributed by atoms with Crippen LogP contribution in [0.4, 0.5) is 34.1 Å². The molecule has 0 radical (unpaired) electrons. The van der Waals surface area contributed by atoms with E-state index in [-0.39, 0.29) is 35.5 Å². The Bertz CT molecular complexity index is 3830. The molecule has 0 atom stereocenters. The summed E-state index contributed by atoms with van der Waals surface area (Å²) in [5, 5.41) is 0. The largest absolute Gasteiger partial charge is 0.457 e. The monoisotopic (exact) mass is 1020 g/mol. The smallest absolute Gasteiger partial charge is 0.338 e. The molecule has 5 heteroatoms. The van der Waals surface area contributed by atoms with E-state index in [1.807, 2.05) is 30.3 Å². The molecule has 0 fully saturated rings. The van der Waals surface area contributed by atoms with Gasteiger partial charge in [0.2, 0.25) is 0 Å². The molecule has 1 aliphatic carbocycles. The van der Waals surface area contributed by atoms with Crippen molar-refractivity contribution in [3.8, 4) is 44.5 Å². The van der Waals surface area contributed by atoms with E-state index < -0.39 is 0 Å². The Balaban J connectivity index is 1.16. The number of ether oxygens (including phenoxy) is 1. The SMILES string of the molecule is CC(C)(C)c1ccc2c(c1)N(c1cc(-c3ccccc3)cc(-c3ccccc3)c1)c1cc(C(=O)OCc3ccccc3)cc3c1B2c1cc2c(cc1N3c1cc(-c3ccccc3)cc(-c3ccccc3)c1)C(C)(C)CCC2(C)C. The van der Waals surface area contributed by atoms with Gasteiger partial charge in [-0.3, -0.25) is 0 Å². The fourth-order valence-electron chi connectivity index (χ4n) is 12.7. The average molecular weight is 1030 g/mol. The van der Waals surface area contributed by atoms with Crippen LogP contribution in [0.2, 0.25) is 0 Å². The Hall–Kier alpha value is -8.67. The molecule has 0 amide bonds. The molecule has 0 spiro atoms. The lowest BCUT2D eigenvalue weighted by atomic mass is 9.33. The van der Waals surface area contributed by atoms with E-state index in [0.29, 0.717) is 5.56 Å². The van der Waals surface area contributed by atoms with Crippen molar-refractivity contribution in [2.24, 2.45) is 0 Å². The molecule has 4 nitrogen and oxygen atoms in total. The van der Waals surface area contributed by atoms with E-state index in [1.54, 1.807) is 0 Å². The second-order valence-corrected chi connectivity index (χ2v) is 24.3. The minimum Gasteiger partial charge on any atom is -0.457 e. The van der Waals surface area contributed by atoms with Gasteiger partial charge in [0.25, 0.3) is 6.71 Å². The maximum atomic E-state index is 15.3. The number of rotatable bonds is 9. The molecule has 2 heterocycles. The summed E-state index contributed by atoms with van der Waals surface area (Å²) in [6.45, 7) is 16.6. The highest BCUT2D eigenvalue weighted by Gasteiger charge is 2.47. The van der Waals surface area contributed by atoms with Gasteiger partial charge in [0.1, 0.15) is 6.61 Å². The third kappa shape index (κ3) is 9.05. The van der Waals surface area contributed by atoms with Crippen molar-refractivity contribution < 1.29 is 9.53 Å². The summed E-state index contributed by atoms with van der Waals surface area (Å²) in [6.07, 6.45) is 2.17. The Morgan fingerprint density at radius 2 is 0.848 bits per heavy atom. The normalized spacial score (nSPS) is 14.6. The van der Waals surface area contributed by atoms with Crippen molar-refractivity contribution in [2.75, 3.05) is 9.80 Å². The van der Waals surface area contributed by atoms with Crippen LogP contribution < -0.4 is 26.2 Å². The molecule has 79 heavy (non-hydrogen) atoms. The van der Waals surface area contributed by atoms with E-state index in [2.05, 4.69) is 258 Å². The van der Waals surface area contributed by atoms with Crippen LogP contribution in [0.1, 0.15) is 93.9 Å². The second kappa shape index (κ2) is 19.4. The molecule has 0 N–H and O–H groups in total. The number of esters is 1. The van der Waals surface area contributed by atoms with E-state index in [4.69, 9.17) is 4.74 Å². The number of carbonyl (C=O) groups excluding carboxylic acids is 1. The highest BCUT2D eigenvalue weighted by Crippen LogP contribution is 2.52. The van der Waals surface area contributed by atoms with Crippen LogP contribution in [0, 0.1) is 0 Å². The fraction of sp³-hybridized carbons (Fsp3) is 0.176. The molecule has 0 saturated carbocycles. The zero-order valence-corrected chi connectivity index (χ0v) is 46.3. The first-order valence-electron chi connectivity index (χ1n) is 28.0. The summed E-state index contributed by atoms with van der Waals surface area (Å²) in [6, 6.07) is 83.5. The second-order valence-electron chi connectivity index (χ2n) is 24.3. The molecule has 13 rings (SSSR count). The summed E-state index contributed by atoms with van der Waals surface area (Å²) in [5.41, 5.74) is 23.9. The lowest BCUT2D eigenvalue weighted by Gasteiger charge is -2.47. The van der Waals surface area contributed by atoms with Crippen LogP contribution in [-0.4, -0.2) is 12.7 Å². The first kappa shape index (κ1) is 49.9.